The van der Waals surface area contributed by atoms with Gasteiger partial charge in [0.15, 0.2) is 0 Å². The number of carboxylic acid groups (broad SMARTS) is 2. The average molecular weight is 398 g/mol. The van der Waals surface area contributed by atoms with Crippen molar-refractivity contribution < 1.29 is 24.5 Å². The molecule has 1 unspecified atom stereocenters. The van der Waals surface area contributed by atoms with Gasteiger partial charge in [0.25, 0.3) is 0 Å². The second-order valence-corrected chi connectivity index (χ2v) is 7.96. The summed E-state index contributed by atoms with van der Waals surface area (Å²) in [4.78, 5) is 22.7. The topological polar surface area (TPSA) is 83.8 Å². The first kappa shape index (κ1) is 22.5. The van der Waals surface area contributed by atoms with E-state index in [-0.39, 0.29) is 11.1 Å². The predicted molar refractivity (Wildman–Crippen MR) is 114 cm³/mol. The van der Waals surface area contributed by atoms with Crippen molar-refractivity contribution in [1.82, 2.24) is 0 Å². The Labute approximate surface area is 172 Å². The minimum Gasteiger partial charge on any atom is -0.494 e. The van der Waals surface area contributed by atoms with Crippen molar-refractivity contribution in [2.75, 3.05) is 6.61 Å². The molecule has 156 valence electrons. The molecule has 0 fully saturated rings. The summed E-state index contributed by atoms with van der Waals surface area (Å²) in [5.41, 5.74) is 1.14. The van der Waals surface area contributed by atoms with E-state index in [1.54, 1.807) is 24.3 Å². The first-order chi connectivity index (χ1) is 13.8. The van der Waals surface area contributed by atoms with Gasteiger partial charge in [0, 0.05) is 0 Å². The van der Waals surface area contributed by atoms with Crippen LogP contribution in [0.5, 0.6) is 5.75 Å². The molecule has 2 aromatic rings. The highest BCUT2D eigenvalue weighted by molar-refractivity contribution is 5.99. The Balaban J connectivity index is 1.99. The average Bonchev–Trinajstić information content (AvgIpc) is 2.67. The second kappa shape index (κ2) is 10.6. The standard InChI is InChI=1S/C24H30O5/c1-16(2)5-4-6-17(3)13-14-29-20-10-7-18(8-11-20)22-15-19(23(25)26)9-12-21(22)24(27)28/h7-12,15-17H,4-6,13-14H2,1-3H3,(H,25,26)(H,27,28). The van der Waals surface area contributed by atoms with Crippen LogP contribution in [-0.2, 0) is 0 Å². The van der Waals surface area contributed by atoms with Gasteiger partial charge in [-0.05, 0) is 59.7 Å². The smallest absolute Gasteiger partial charge is 0.336 e. The lowest BCUT2D eigenvalue weighted by Gasteiger charge is -2.13. The van der Waals surface area contributed by atoms with E-state index in [1.165, 1.54) is 37.5 Å². The van der Waals surface area contributed by atoms with Gasteiger partial charge in [0.2, 0.25) is 0 Å². The molecule has 29 heavy (non-hydrogen) atoms. The monoisotopic (exact) mass is 398 g/mol. The molecule has 0 amide bonds. The molecule has 1 atom stereocenters. The van der Waals surface area contributed by atoms with Gasteiger partial charge in [0.1, 0.15) is 5.75 Å². The second-order valence-electron chi connectivity index (χ2n) is 7.96. The molecule has 0 saturated heterocycles. The number of aromatic carboxylic acids is 2. The molecule has 0 bridgehead atoms. The van der Waals surface area contributed by atoms with Crippen molar-refractivity contribution in [2.24, 2.45) is 11.8 Å². The fourth-order valence-corrected chi connectivity index (χ4v) is 3.23. The normalized spacial score (nSPS) is 12.0. The van der Waals surface area contributed by atoms with Crippen LogP contribution in [0, 0.1) is 11.8 Å². The summed E-state index contributed by atoms with van der Waals surface area (Å²) in [6.45, 7) is 7.37. The minimum atomic E-state index is -1.09. The van der Waals surface area contributed by atoms with Crippen molar-refractivity contribution >= 4 is 11.9 Å². The van der Waals surface area contributed by atoms with Crippen molar-refractivity contribution in [1.29, 1.82) is 0 Å². The zero-order chi connectivity index (χ0) is 21.4. The molecule has 2 rings (SSSR count). The summed E-state index contributed by atoms with van der Waals surface area (Å²) in [6.07, 6.45) is 4.70. The molecule has 5 nitrogen and oxygen atoms in total. The number of carbonyl (C=O) groups is 2. The van der Waals surface area contributed by atoms with Crippen LogP contribution in [-0.4, -0.2) is 28.8 Å². The molecule has 2 N–H and O–H groups in total. The first-order valence-electron chi connectivity index (χ1n) is 10.1. The third-order valence-electron chi connectivity index (χ3n) is 5.02. The van der Waals surface area contributed by atoms with E-state index in [4.69, 9.17) is 4.74 Å². The Hall–Kier alpha value is -2.82. The molecule has 0 aromatic heterocycles. The summed E-state index contributed by atoms with van der Waals surface area (Å²) in [5, 5.41) is 18.6. The van der Waals surface area contributed by atoms with Crippen LogP contribution in [0.15, 0.2) is 42.5 Å². The molecule has 0 heterocycles. The van der Waals surface area contributed by atoms with E-state index in [2.05, 4.69) is 20.8 Å². The number of hydrogen-bond acceptors (Lipinski definition) is 3. The number of carboxylic acids is 2. The van der Waals surface area contributed by atoms with Gasteiger partial charge in [-0.3, -0.25) is 0 Å². The van der Waals surface area contributed by atoms with Crippen molar-refractivity contribution in [3.8, 4) is 16.9 Å². The zero-order valence-corrected chi connectivity index (χ0v) is 17.4. The highest BCUT2D eigenvalue weighted by atomic mass is 16.5. The maximum Gasteiger partial charge on any atom is 0.336 e. The molecule has 5 heteroatoms. The summed E-state index contributed by atoms with van der Waals surface area (Å²) in [7, 11) is 0. The van der Waals surface area contributed by atoms with Gasteiger partial charge in [-0.25, -0.2) is 9.59 Å². The van der Waals surface area contributed by atoms with E-state index in [1.807, 2.05) is 0 Å². The van der Waals surface area contributed by atoms with Gasteiger partial charge >= 0.3 is 11.9 Å². The number of benzene rings is 2. The summed E-state index contributed by atoms with van der Waals surface area (Å²) in [5.74, 6) is -0.108. The van der Waals surface area contributed by atoms with Gasteiger partial charge in [-0.2, -0.15) is 0 Å². The Kier molecular flexibility index (Phi) is 8.25. The van der Waals surface area contributed by atoms with E-state index < -0.39 is 11.9 Å². The summed E-state index contributed by atoms with van der Waals surface area (Å²) >= 11 is 0. The molecular formula is C24H30O5. The third kappa shape index (κ3) is 6.93. The minimum absolute atomic E-state index is 0.0526. The van der Waals surface area contributed by atoms with Crippen LogP contribution < -0.4 is 4.74 Å². The number of hydrogen-bond donors (Lipinski definition) is 2. The largest absolute Gasteiger partial charge is 0.494 e. The first-order valence-corrected chi connectivity index (χ1v) is 10.1. The van der Waals surface area contributed by atoms with E-state index in [9.17, 15) is 19.8 Å². The van der Waals surface area contributed by atoms with Crippen LogP contribution in [0.4, 0.5) is 0 Å². The Bertz CT molecular complexity index is 824. The Morgan fingerprint density at radius 1 is 0.897 bits per heavy atom. The van der Waals surface area contributed by atoms with Crippen molar-refractivity contribution in [3.63, 3.8) is 0 Å². The lowest BCUT2D eigenvalue weighted by atomic mass is 9.97. The molecule has 2 aromatic carbocycles. The molecule has 0 aliphatic rings. The van der Waals surface area contributed by atoms with Crippen molar-refractivity contribution in [3.05, 3.63) is 53.6 Å². The highest BCUT2D eigenvalue weighted by Gasteiger charge is 2.15. The van der Waals surface area contributed by atoms with Crippen molar-refractivity contribution in [2.45, 2.75) is 46.5 Å². The Morgan fingerprint density at radius 3 is 2.17 bits per heavy atom. The molecule has 0 saturated carbocycles. The molecule has 0 radical (unpaired) electrons. The number of ether oxygens (including phenoxy) is 1. The SMILES string of the molecule is CC(C)CCCC(C)CCOc1ccc(-c2cc(C(=O)O)ccc2C(=O)O)cc1. The predicted octanol–water partition coefficient (Wildman–Crippen LogP) is 5.98. The lowest BCUT2D eigenvalue weighted by molar-refractivity contribution is 0.0682. The van der Waals surface area contributed by atoms with E-state index >= 15 is 0 Å². The van der Waals surface area contributed by atoms with Crippen LogP contribution in [0.3, 0.4) is 0 Å². The Morgan fingerprint density at radius 2 is 1.59 bits per heavy atom. The number of rotatable bonds is 11. The summed E-state index contributed by atoms with van der Waals surface area (Å²) < 4.78 is 5.82. The molecule has 0 aliphatic heterocycles. The van der Waals surface area contributed by atoms with E-state index in [0.29, 0.717) is 23.7 Å². The van der Waals surface area contributed by atoms with Crippen LogP contribution in [0.25, 0.3) is 11.1 Å². The van der Waals surface area contributed by atoms with E-state index in [0.717, 1.165) is 18.1 Å². The van der Waals surface area contributed by atoms with Crippen LogP contribution >= 0.6 is 0 Å². The van der Waals surface area contributed by atoms with Gasteiger partial charge in [-0.15, -0.1) is 0 Å². The fourth-order valence-electron chi connectivity index (χ4n) is 3.23. The van der Waals surface area contributed by atoms with Gasteiger partial charge in [0.05, 0.1) is 17.7 Å². The van der Waals surface area contributed by atoms with Crippen LogP contribution in [0.2, 0.25) is 0 Å². The quantitative estimate of drug-likeness (QED) is 0.486. The molecule has 0 aliphatic carbocycles. The lowest BCUT2D eigenvalue weighted by Crippen LogP contribution is -2.05. The third-order valence-corrected chi connectivity index (χ3v) is 5.02. The fraction of sp³-hybridized carbons (Fsp3) is 0.417. The van der Waals surface area contributed by atoms with Crippen LogP contribution in [0.1, 0.15) is 67.2 Å². The molecule has 0 spiro atoms. The maximum atomic E-state index is 11.5. The van der Waals surface area contributed by atoms with Gasteiger partial charge < -0.3 is 14.9 Å². The molecular weight excluding hydrogens is 368 g/mol. The zero-order valence-electron chi connectivity index (χ0n) is 17.4. The highest BCUT2D eigenvalue weighted by Crippen LogP contribution is 2.27. The van der Waals surface area contributed by atoms with Gasteiger partial charge in [-0.1, -0.05) is 52.2 Å². The summed E-state index contributed by atoms with van der Waals surface area (Å²) in [6, 6.07) is 11.1. The maximum absolute atomic E-state index is 11.5.